The summed E-state index contributed by atoms with van der Waals surface area (Å²) >= 11 is 1.67. The minimum atomic E-state index is -1.76. The summed E-state index contributed by atoms with van der Waals surface area (Å²) in [6.07, 6.45) is 2.99. The molecule has 1 heterocycles. The number of carbonyl (C=O) groups excluding carboxylic acids is 1. The summed E-state index contributed by atoms with van der Waals surface area (Å²) in [5, 5.41) is 3.18. The topological polar surface area (TPSA) is 63.7 Å². The molecule has 0 bridgehead atoms. The van der Waals surface area contributed by atoms with Crippen LogP contribution in [0.4, 0.5) is 10.5 Å². The molecule has 1 saturated carbocycles. The van der Waals surface area contributed by atoms with Gasteiger partial charge in [0.1, 0.15) is 5.60 Å². The van der Waals surface area contributed by atoms with E-state index in [1.165, 1.54) is 29.0 Å². The van der Waals surface area contributed by atoms with Gasteiger partial charge in [-0.15, -0.1) is 11.3 Å². The fourth-order valence-electron chi connectivity index (χ4n) is 3.85. The van der Waals surface area contributed by atoms with E-state index in [-0.39, 0.29) is 5.04 Å². The van der Waals surface area contributed by atoms with Crippen LogP contribution in [0.15, 0.2) is 23.7 Å². The Labute approximate surface area is 222 Å². The molecule has 36 heavy (non-hydrogen) atoms. The Morgan fingerprint density at radius 3 is 2.44 bits per heavy atom. The Kier molecular flexibility index (Phi) is 8.94. The fourth-order valence-corrected chi connectivity index (χ4v) is 5.74. The van der Waals surface area contributed by atoms with Gasteiger partial charge < -0.3 is 19.4 Å². The van der Waals surface area contributed by atoms with Crippen LogP contribution in [0.1, 0.15) is 72.1 Å². The summed E-state index contributed by atoms with van der Waals surface area (Å²) in [6.45, 7) is 21.3. The van der Waals surface area contributed by atoms with Crippen molar-refractivity contribution < 1.29 is 14.0 Å². The number of hydrogen-bond acceptors (Lipinski definition) is 6. The molecule has 1 N–H and O–H groups in total. The van der Waals surface area contributed by atoms with Gasteiger partial charge in [0.05, 0.1) is 16.1 Å². The van der Waals surface area contributed by atoms with Gasteiger partial charge in [0, 0.05) is 31.4 Å². The molecular formula is C28H45N3O3SSi. The molecule has 1 aliphatic rings. The lowest BCUT2D eigenvalue weighted by atomic mass is 10.0. The van der Waals surface area contributed by atoms with Crippen LogP contribution >= 0.6 is 11.3 Å². The third-order valence-corrected chi connectivity index (χ3v) is 12.5. The molecule has 2 aromatic rings. The van der Waals surface area contributed by atoms with Crippen LogP contribution < -0.4 is 10.2 Å². The maximum atomic E-state index is 12.4. The molecule has 0 saturated heterocycles. The molecule has 200 valence electrons. The van der Waals surface area contributed by atoms with E-state index in [2.05, 4.69) is 74.2 Å². The lowest BCUT2D eigenvalue weighted by Crippen LogP contribution is -2.41. The van der Waals surface area contributed by atoms with Crippen molar-refractivity contribution >= 4 is 31.4 Å². The van der Waals surface area contributed by atoms with Crippen LogP contribution in [0.3, 0.4) is 0 Å². The number of nitrogens with one attached hydrogen (secondary N) is 1. The highest BCUT2D eigenvalue weighted by molar-refractivity contribution is 7.13. The number of benzene rings is 1. The molecule has 0 radical (unpaired) electrons. The van der Waals surface area contributed by atoms with Crippen LogP contribution in [-0.2, 0) is 15.7 Å². The zero-order valence-electron chi connectivity index (χ0n) is 23.7. The van der Waals surface area contributed by atoms with E-state index in [0.717, 1.165) is 30.8 Å². The van der Waals surface area contributed by atoms with E-state index in [1.807, 2.05) is 26.3 Å². The predicted octanol–water partition coefficient (Wildman–Crippen LogP) is 7.52. The van der Waals surface area contributed by atoms with E-state index in [9.17, 15) is 4.79 Å². The molecule has 0 aliphatic heterocycles. The molecule has 6 nitrogen and oxygen atoms in total. The van der Waals surface area contributed by atoms with Gasteiger partial charge >= 0.3 is 6.09 Å². The highest BCUT2D eigenvalue weighted by Gasteiger charge is 2.37. The summed E-state index contributed by atoms with van der Waals surface area (Å²) in [5.41, 5.74) is 5.89. The smallest absolute Gasteiger partial charge is 0.407 e. The van der Waals surface area contributed by atoms with Crippen molar-refractivity contribution in [2.75, 3.05) is 18.1 Å². The molecule has 1 aromatic heterocycles. The van der Waals surface area contributed by atoms with Crippen molar-refractivity contribution in [2.45, 2.75) is 104 Å². The molecule has 1 amide bonds. The largest absolute Gasteiger partial charge is 0.444 e. The maximum absolute atomic E-state index is 12.4. The molecule has 1 aromatic carbocycles. The first kappa shape index (κ1) is 28.7. The number of alkyl carbamates (subject to hydrolysis) is 1. The fraction of sp³-hybridized carbons (Fsp3) is 0.643. The Balaban J connectivity index is 1.80. The minimum Gasteiger partial charge on any atom is -0.444 e. The second kappa shape index (κ2) is 11.2. The second-order valence-electron chi connectivity index (χ2n) is 12.4. The van der Waals surface area contributed by atoms with Gasteiger partial charge in [0.2, 0.25) is 0 Å². The number of aromatic nitrogens is 1. The van der Waals surface area contributed by atoms with Crippen molar-refractivity contribution in [3.8, 4) is 10.4 Å². The monoisotopic (exact) mass is 531 g/mol. The Hall–Kier alpha value is -1.90. The Bertz CT molecular complexity index is 1040. The number of anilines is 1. The first-order valence-corrected chi connectivity index (χ1v) is 16.9. The number of nitrogens with zero attached hydrogens (tertiary/aromatic N) is 2. The average molecular weight is 532 g/mol. The van der Waals surface area contributed by atoms with E-state index in [1.54, 1.807) is 11.3 Å². The summed E-state index contributed by atoms with van der Waals surface area (Å²) in [7, 11) is -1.76. The van der Waals surface area contributed by atoms with Gasteiger partial charge in [0.25, 0.3) is 0 Å². The van der Waals surface area contributed by atoms with E-state index in [0.29, 0.717) is 12.6 Å². The van der Waals surface area contributed by atoms with Crippen molar-refractivity contribution in [1.29, 1.82) is 0 Å². The van der Waals surface area contributed by atoms with Gasteiger partial charge in [-0.1, -0.05) is 32.9 Å². The SMILES string of the molecule is Cc1ncsc1-c1ccc(CNC(=O)OC(C)(C)C)c(N(CCCO[Si](C)(C)C(C)(C)C)C2CC2)c1. The van der Waals surface area contributed by atoms with Gasteiger partial charge in [-0.2, -0.15) is 0 Å². The standard InChI is InChI=1S/C28H45N3O3SSi/c1-20-25(35-19-30-20)21-11-12-22(18-29-26(32)34-27(2,3)4)24(17-21)31(23-13-14-23)15-10-16-33-36(8,9)28(5,6)7/h11-12,17,19,23H,10,13-16,18H2,1-9H3,(H,29,32). The number of ether oxygens (including phenoxy) is 1. The van der Waals surface area contributed by atoms with E-state index in [4.69, 9.17) is 9.16 Å². The number of aryl methyl sites for hydroxylation is 1. The van der Waals surface area contributed by atoms with Gasteiger partial charge in [-0.25, -0.2) is 9.78 Å². The quantitative estimate of drug-likeness (QED) is 0.254. The van der Waals surface area contributed by atoms with Crippen molar-refractivity contribution in [2.24, 2.45) is 0 Å². The molecule has 0 unspecified atom stereocenters. The van der Waals surface area contributed by atoms with E-state index < -0.39 is 20.0 Å². The summed E-state index contributed by atoms with van der Waals surface area (Å²) < 4.78 is 11.9. The van der Waals surface area contributed by atoms with Crippen LogP contribution in [0.25, 0.3) is 10.4 Å². The molecule has 1 fully saturated rings. The third-order valence-electron chi connectivity index (χ3n) is 7.02. The van der Waals surface area contributed by atoms with Crippen LogP contribution in [-0.4, -0.2) is 44.2 Å². The first-order chi connectivity index (χ1) is 16.7. The van der Waals surface area contributed by atoms with Crippen molar-refractivity contribution in [1.82, 2.24) is 10.3 Å². The molecule has 0 spiro atoms. The lowest BCUT2D eigenvalue weighted by Gasteiger charge is -2.36. The normalized spacial score (nSPS) is 14.6. The van der Waals surface area contributed by atoms with E-state index >= 15 is 0 Å². The minimum absolute atomic E-state index is 0.213. The zero-order valence-corrected chi connectivity index (χ0v) is 25.5. The highest BCUT2D eigenvalue weighted by atomic mass is 32.1. The molecule has 0 atom stereocenters. The predicted molar refractivity (Wildman–Crippen MR) is 153 cm³/mol. The van der Waals surface area contributed by atoms with Crippen LogP contribution in [0.5, 0.6) is 0 Å². The van der Waals surface area contributed by atoms with Gasteiger partial charge in [-0.05, 0) is 82.3 Å². The highest BCUT2D eigenvalue weighted by Crippen LogP contribution is 2.39. The molecule has 8 heteroatoms. The Morgan fingerprint density at radius 2 is 1.89 bits per heavy atom. The molecule has 1 aliphatic carbocycles. The van der Waals surface area contributed by atoms with Crippen molar-refractivity contribution in [3.63, 3.8) is 0 Å². The average Bonchev–Trinajstić information content (AvgIpc) is 3.50. The van der Waals surface area contributed by atoms with Crippen molar-refractivity contribution in [3.05, 3.63) is 35.0 Å². The number of thiazole rings is 1. The number of rotatable bonds is 10. The van der Waals surface area contributed by atoms with Crippen LogP contribution in [0, 0.1) is 6.92 Å². The molecular weight excluding hydrogens is 486 g/mol. The summed E-state index contributed by atoms with van der Waals surface area (Å²) in [6, 6.07) is 7.10. The van der Waals surface area contributed by atoms with Gasteiger partial charge in [0.15, 0.2) is 8.32 Å². The maximum Gasteiger partial charge on any atom is 0.407 e. The van der Waals surface area contributed by atoms with Crippen LogP contribution in [0.2, 0.25) is 18.1 Å². The third kappa shape index (κ3) is 7.80. The number of carbonyl (C=O) groups is 1. The summed E-state index contributed by atoms with van der Waals surface area (Å²) in [5.74, 6) is 0. The zero-order chi connectivity index (χ0) is 26.7. The van der Waals surface area contributed by atoms with Gasteiger partial charge in [-0.3, -0.25) is 0 Å². The first-order valence-electron chi connectivity index (χ1n) is 13.1. The number of amides is 1. The lowest BCUT2D eigenvalue weighted by molar-refractivity contribution is 0.0523. The second-order valence-corrected chi connectivity index (χ2v) is 18.0. The number of hydrogen-bond donors (Lipinski definition) is 1. The molecule has 3 rings (SSSR count). The Morgan fingerprint density at radius 1 is 1.19 bits per heavy atom. The summed E-state index contributed by atoms with van der Waals surface area (Å²) in [4.78, 5) is 20.6.